The van der Waals surface area contributed by atoms with Crippen LogP contribution in [-0.4, -0.2) is 29.2 Å². The van der Waals surface area contributed by atoms with Crippen LogP contribution in [0.4, 0.5) is 10.1 Å². The fourth-order valence-corrected chi connectivity index (χ4v) is 2.53. The number of hydrogen-bond acceptors (Lipinski definition) is 6. The Morgan fingerprint density at radius 3 is 3.00 bits per heavy atom. The molecule has 1 aromatic heterocycles. The normalized spacial score (nSPS) is 16.2. The van der Waals surface area contributed by atoms with E-state index >= 15 is 0 Å². The summed E-state index contributed by atoms with van der Waals surface area (Å²) >= 11 is 1.05. The summed E-state index contributed by atoms with van der Waals surface area (Å²) < 4.78 is 5.66. The van der Waals surface area contributed by atoms with Crippen molar-refractivity contribution in [3.63, 3.8) is 0 Å². The van der Waals surface area contributed by atoms with Gasteiger partial charge in [0.15, 0.2) is 5.13 Å². The molecule has 0 aromatic carbocycles. The van der Waals surface area contributed by atoms with Gasteiger partial charge in [-0.05, 0) is 24.2 Å². The number of anilines is 1. The second kappa shape index (κ2) is 5.92. The van der Waals surface area contributed by atoms with Crippen LogP contribution in [0.25, 0.3) is 0 Å². The summed E-state index contributed by atoms with van der Waals surface area (Å²) in [5, 5.41) is 14.1. The number of nitrogens with one attached hydrogen (secondary N) is 1. The lowest BCUT2D eigenvalue weighted by Gasteiger charge is -2.10. The van der Waals surface area contributed by atoms with Gasteiger partial charge < -0.3 is 10.1 Å². The molecule has 0 spiro atoms. The van der Waals surface area contributed by atoms with Gasteiger partial charge in [0.1, 0.15) is 6.20 Å². The second-order valence-corrected chi connectivity index (χ2v) is 4.97. The van der Waals surface area contributed by atoms with Crippen LogP contribution in [0.15, 0.2) is 6.20 Å². The number of hydrogen-bond donors (Lipinski definition) is 1. The van der Waals surface area contributed by atoms with Crippen LogP contribution >= 0.6 is 11.3 Å². The van der Waals surface area contributed by atoms with E-state index in [-0.39, 0.29) is 5.00 Å². The monoisotopic (exact) mass is 257 g/mol. The summed E-state index contributed by atoms with van der Waals surface area (Å²) in [5.74, 6) is 0. The fourth-order valence-electron chi connectivity index (χ4n) is 1.87. The Morgan fingerprint density at radius 2 is 2.35 bits per heavy atom. The molecule has 1 saturated carbocycles. The van der Waals surface area contributed by atoms with E-state index in [2.05, 4.69) is 10.3 Å². The molecule has 7 heteroatoms. The van der Waals surface area contributed by atoms with Crippen LogP contribution in [0.5, 0.6) is 0 Å². The van der Waals surface area contributed by atoms with Gasteiger partial charge in [0.25, 0.3) is 0 Å². The van der Waals surface area contributed by atoms with Crippen LogP contribution in [0.1, 0.15) is 25.7 Å². The van der Waals surface area contributed by atoms with E-state index in [0.29, 0.717) is 24.4 Å². The highest BCUT2D eigenvalue weighted by Crippen LogP contribution is 2.25. The minimum Gasteiger partial charge on any atom is -0.376 e. The van der Waals surface area contributed by atoms with Gasteiger partial charge in [-0.2, -0.15) is 0 Å². The highest BCUT2D eigenvalue weighted by molar-refractivity contribution is 7.18. The molecule has 1 aromatic rings. The second-order valence-electron chi connectivity index (χ2n) is 3.96. The number of aromatic nitrogens is 1. The number of ether oxygens (including phenoxy) is 1. The van der Waals surface area contributed by atoms with Gasteiger partial charge in [-0.25, -0.2) is 4.98 Å². The molecular weight excluding hydrogens is 242 g/mol. The molecule has 2 rings (SSSR count). The molecule has 17 heavy (non-hydrogen) atoms. The predicted octanol–water partition coefficient (Wildman–Crippen LogP) is 2.42. The molecule has 0 radical (unpaired) electrons. The quantitative estimate of drug-likeness (QED) is 0.481. The van der Waals surface area contributed by atoms with Crippen molar-refractivity contribution in [3.8, 4) is 0 Å². The number of nitro groups is 1. The zero-order chi connectivity index (χ0) is 12.1. The Kier molecular flexibility index (Phi) is 4.27. The summed E-state index contributed by atoms with van der Waals surface area (Å²) in [6, 6.07) is 0. The number of thiazole rings is 1. The first-order valence-corrected chi connectivity index (χ1v) is 6.53. The van der Waals surface area contributed by atoms with Crippen LogP contribution in [0, 0.1) is 10.1 Å². The summed E-state index contributed by atoms with van der Waals surface area (Å²) in [6.07, 6.45) is 6.51. The van der Waals surface area contributed by atoms with Crippen molar-refractivity contribution in [3.05, 3.63) is 16.3 Å². The summed E-state index contributed by atoms with van der Waals surface area (Å²) in [6.45, 7) is 1.26. The number of nitrogens with zero attached hydrogens (tertiary/aromatic N) is 2. The SMILES string of the molecule is O=[N+]([O-])c1cnc(NCCOC2CCCC2)s1. The zero-order valence-corrected chi connectivity index (χ0v) is 10.2. The molecule has 0 bridgehead atoms. The standard InChI is InChI=1S/C10H15N3O3S/c14-13(15)9-7-12-10(17-9)11-5-6-16-8-3-1-2-4-8/h7-8H,1-6H2,(H,11,12). The molecule has 1 heterocycles. The molecule has 0 saturated heterocycles. The highest BCUT2D eigenvalue weighted by Gasteiger charge is 2.15. The van der Waals surface area contributed by atoms with Gasteiger partial charge in [-0.3, -0.25) is 10.1 Å². The van der Waals surface area contributed by atoms with Crippen LogP contribution < -0.4 is 5.32 Å². The molecule has 6 nitrogen and oxygen atoms in total. The molecule has 1 aliphatic carbocycles. The van der Waals surface area contributed by atoms with E-state index in [1.54, 1.807) is 0 Å². The summed E-state index contributed by atoms with van der Waals surface area (Å²) in [7, 11) is 0. The first kappa shape index (κ1) is 12.3. The van der Waals surface area contributed by atoms with Crippen LogP contribution in [0.2, 0.25) is 0 Å². The van der Waals surface area contributed by atoms with Crippen LogP contribution in [-0.2, 0) is 4.74 Å². The Bertz CT molecular complexity index is 377. The highest BCUT2D eigenvalue weighted by atomic mass is 32.1. The van der Waals surface area contributed by atoms with Crippen LogP contribution in [0.3, 0.4) is 0 Å². The van der Waals surface area contributed by atoms with E-state index in [4.69, 9.17) is 4.74 Å². The molecule has 1 N–H and O–H groups in total. The average molecular weight is 257 g/mol. The molecule has 94 valence electrons. The van der Waals surface area contributed by atoms with Crippen molar-refractivity contribution in [1.82, 2.24) is 4.98 Å². The average Bonchev–Trinajstić information content (AvgIpc) is 2.96. The Morgan fingerprint density at radius 1 is 1.59 bits per heavy atom. The third kappa shape index (κ3) is 3.64. The van der Waals surface area contributed by atoms with Crippen molar-refractivity contribution in [1.29, 1.82) is 0 Å². The molecule has 0 aliphatic heterocycles. The van der Waals surface area contributed by atoms with E-state index in [1.807, 2.05) is 0 Å². The van der Waals surface area contributed by atoms with E-state index in [9.17, 15) is 10.1 Å². The first-order chi connectivity index (χ1) is 8.25. The first-order valence-electron chi connectivity index (χ1n) is 5.71. The van der Waals surface area contributed by atoms with Crippen molar-refractivity contribution in [2.75, 3.05) is 18.5 Å². The molecule has 1 fully saturated rings. The minimum atomic E-state index is -0.433. The van der Waals surface area contributed by atoms with Gasteiger partial charge in [0, 0.05) is 6.54 Å². The van der Waals surface area contributed by atoms with Gasteiger partial charge in [-0.1, -0.05) is 12.8 Å². The van der Waals surface area contributed by atoms with Crippen molar-refractivity contribution < 1.29 is 9.66 Å². The molecule has 1 aliphatic rings. The Balaban J connectivity index is 1.65. The number of rotatable bonds is 6. The van der Waals surface area contributed by atoms with Gasteiger partial charge in [0.05, 0.1) is 17.6 Å². The smallest absolute Gasteiger partial charge is 0.345 e. The summed E-state index contributed by atoms with van der Waals surface area (Å²) in [4.78, 5) is 13.9. The Hall–Kier alpha value is -1.21. The molecule has 0 unspecified atom stereocenters. The van der Waals surface area contributed by atoms with Crippen molar-refractivity contribution in [2.45, 2.75) is 31.8 Å². The molecule has 0 atom stereocenters. The summed E-state index contributed by atoms with van der Waals surface area (Å²) in [5.41, 5.74) is 0. The third-order valence-electron chi connectivity index (χ3n) is 2.71. The van der Waals surface area contributed by atoms with Gasteiger partial charge >= 0.3 is 5.00 Å². The third-order valence-corrected chi connectivity index (χ3v) is 3.61. The van der Waals surface area contributed by atoms with Crippen molar-refractivity contribution >= 4 is 21.5 Å². The lowest BCUT2D eigenvalue weighted by atomic mass is 10.3. The maximum Gasteiger partial charge on any atom is 0.345 e. The zero-order valence-electron chi connectivity index (χ0n) is 9.42. The Labute approximate surface area is 103 Å². The van der Waals surface area contributed by atoms with E-state index in [1.165, 1.54) is 19.0 Å². The van der Waals surface area contributed by atoms with E-state index in [0.717, 1.165) is 24.2 Å². The predicted molar refractivity (Wildman–Crippen MR) is 65.5 cm³/mol. The molecule has 0 amide bonds. The fraction of sp³-hybridized carbons (Fsp3) is 0.700. The van der Waals surface area contributed by atoms with Crippen molar-refractivity contribution in [2.24, 2.45) is 0 Å². The maximum atomic E-state index is 10.4. The topological polar surface area (TPSA) is 77.3 Å². The molecular formula is C10H15N3O3S. The largest absolute Gasteiger partial charge is 0.376 e. The van der Waals surface area contributed by atoms with Gasteiger partial charge in [0.2, 0.25) is 0 Å². The lowest BCUT2D eigenvalue weighted by molar-refractivity contribution is -0.380. The minimum absolute atomic E-state index is 0.0595. The van der Waals surface area contributed by atoms with Gasteiger partial charge in [-0.15, -0.1) is 0 Å². The maximum absolute atomic E-state index is 10.4. The van der Waals surface area contributed by atoms with E-state index < -0.39 is 4.92 Å². The lowest BCUT2D eigenvalue weighted by Crippen LogP contribution is -2.15.